The predicted molar refractivity (Wildman–Crippen MR) is 70.1 cm³/mol. The minimum Gasteiger partial charge on any atom is -0.388 e. The summed E-state index contributed by atoms with van der Waals surface area (Å²) < 4.78 is 0. The molecule has 8 heteroatoms. The first-order valence-electron chi connectivity index (χ1n) is 5.80. The molecule has 0 bridgehead atoms. The van der Waals surface area contributed by atoms with E-state index in [0.717, 1.165) is 0 Å². The monoisotopic (exact) mass is 274 g/mol. The van der Waals surface area contributed by atoms with Crippen LogP contribution in [0.1, 0.15) is 11.6 Å². The van der Waals surface area contributed by atoms with Gasteiger partial charge in [-0.15, -0.1) is 0 Å². The molecule has 20 heavy (non-hydrogen) atoms. The molecule has 1 aromatic carbocycles. The molecule has 0 unspecified atom stereocenters. The Morgan fingerprint density at radius 3 is 1.60 bits per heavy atom. The zero-order chi connectivity index (χ0) is 14.3. The number of fused-ring (bicyclic) bond motifs is 2. The first-order chi connectivity index (χ1) is 9.62. The largest absolute Gasteiger partial charge is 0.388 e. The fourth-order valence-corrected chi connectivity index (χ4v) is 2.02. The van der Waals surface area contributed by atoms with Crippen LogP contribution in [0.3, 0.4) is 0 Å². The van der Waals surface area contributed by atoms with Crippen LogP contribution in [0, 0.1) is 0 Å². The number of nitrogens with zero attached hydrogens (tertiary/aromatic N) is 2. The van der Waals surface area contributed by atoms with E-state index in [1.54, 1.807) is 0 Å². The number of nitrogens with one attached hydrogen (secondary N) is 2. The van der Waals surface area contributed by atoms with Crippen LogP contribution in [0.15, 0.2) is 21.7 Å². The fourth-order valence-electron chi connectivity index (χ4n) is 2.02. The average molecular weight is 274 g/mol. The van der Waals surface area contributed by atoms with Gasteiger partial charge in [0.05, 0.1) is 21.8 Å². The summed E-state index contributed by atoms with van der Waals surface area (Å²) in [6.07, 6.45) is 0. The second kappa shape index (κ2) is 4.51. The quantitative estimate of drug-likeness (QED) is 0.450. The number of hydrogen-bond acceptors (Lipinski definition) is 6. The van der Waals surface area contributed by atoms with Gasteiger partial charge in [0.1, 0.15) is 24.9 Å². The van der Waals surface area contributed by atoms with E-state index in [-0.39, 0.29) is 22.4 Å². The van der Waals surface area contributed by atoms with E-state index < -0.39 is 24.3 Å². The number of aromatic amines is 2. The summed E-state index contributed by atoms with van der Waals surface area (Å²) in [7, 11) is 0. The number of hydrogen-bond donors (Lipinski definition) is 4. The lowest BCUT2D eigenvalue weighted by Crippen LogP contribution is -2.15. The van der Waals surface area contributed by atoms with Crippen molar-refractivity contribution in [2.45, 2.75) is 13.2 Å². The van der Waals surface area contributed by atoms with Gasteiger partial charge in [-0.2, -0.15) is 0 Å². The van der Waals surface area contributed by atoms with Gasteiger partial charge < -0.3 is 20.2 Å². The third-order valence-corrected chi connectivity index (χ3v) is 2.93. The van der Waals surface area contributed by atoms with Crippen LogP contribution in [-0.4, -0.2) is 30.1 Å². The van der Waals surface area contributed by atoms with Crippen LogP contribution in [0.2, 0.25) is 0 Å². The smallest absolute Gasteiger partial charge is 0.258 e. The van der Waals surface area contributed by atoms with Crippen LogP contribution in [0.5, 0.6) is 0 Å². The molecule has 3 rings (SSSR count). The van der Waals surface area contributed by atoms with Crippen LogP contribution in [-0.2, 0) is 13.2 Å². The molecular weight excluding hydrogens is 264 g/mol. The van der Waals surface area contributed by atoms with Gasteiger partial charge in [0.25, 0.3) is 11.1 Å². The normalized spacial score (nSPS) is 11.3. The summed E-state index contributed by atoms with van der Waals surface area (Å²) in [5, 5.41) is 18.6. The van der Waals surface area contributed by atoms with Gasteiger partial charge >= 0.3 is 0 Å². The van der Waals surface area contributed by atoms with Crippen molar-refractivity contribution >= 4 is 21.8 Å². The Balaban J connectivity index is 2.46. The van der Waals surface area contributed by atoms with Crippen molar-refractivity contribution in [3.8, 4) is 0 Å². The molecular formula is C12H10N4O4. The molecule has 0 fully saturated rings. The Morgan fingerprint density at radius 2 is 1.25 bits per heavy atom. The lowest BCUT2D eigenvalue weighted by Gasteiger charge is -2.03. The van der Waals surface area contributed by atoms with E-state index in [1.807, 2.05) is 0 Å². The van der Waals surface area contributed by atoms with E-state index >= 15 is 0 Å². The predicted octanol–water partition coefficient (Wildman–Crippen LogP) is -0.856. The number of aliphatic hydroxyl groups excluding tert-OH is 2. The Hall–Kier alpha value is -2.58. The maximum absolute atomic E-state index is 11.9. The molecule has 0 aliphatic heterocycles. The van der Waals surface area contributed by atoms with Gasteiger partial charge in [-0.25, -0.2) is 9.97 Å². The standard InChI is InChI=1S/C12H10N4O4/c17-3-9-13-7-1-5-8(2-6(7)12(20)16-9)14-10(4-18)15-11(5)19/h1-2,17-18H,3-4H2,(H,13,16,20)(H,14,15,19). The maximum atomic E-state index is 11.9. The Kier molecular flexibility index (Phi) is 2.81. The molecule has 0 atom stereocenters. The maximum Gasteiger partial charge on any atom is 0.258 e. The molecule has 0 saturated carbocycles. The SMILES string of the molecule is O=c1[nH]c(CO)nc2cc3c(=O)[nH]c(CO)nc3cc12. The van der Waals surface area contributed by atoms with E-state index in [4.69, 9.17) is 10.2 Å². The van der Waals surface area contributed by atoms with Crippen molar-refractivity contribution in [2.75, 3.05) is 0 Å². The van der Waals surface area contributed by atoms with Crippen molar-refractivity contribution in [3.63, 3.8) is 0 Å². The molecule has 0 spiro atoms. The minimum atomic E-state index is -0.423. The highest BCUT2D eigenvalue weighted by molar-refractivity contribution is 5.93. The molecule has 0 amide bonds. The molecule has 0 aliphatic rings. The lowest BCUT2D eigenvalue weighted by molar-refractivity contribution is 0.271. The Labute approximate surface area is 110 Å². The summed E-state index contributed by atoms with van der Waals surface area (Å²) in [6, 6.07) is 2.87. The first-order valence-corrected chi connectivity index (χ1v) is 5.80. The van der Waals surface area contributed by atoms with Gasteiger partial charge in [0.15, 0.2) is 0 Å². The van der Waals surface area contributed by atoms with Crippen molar-refractivity contribution in [1.82, 2.24) is 19.9 Å². The summed E-state index contributed by atoms with van der Waals surface area (Å²) in [5.74, 6) is 0.247. The molecule has 0 radical (unpaired) electrons. The van der Waals surface area contributed by atoms with E-state index in [0.29, 0.717) is 11.0 Å². The van der Waals surface area contributed by atoms with Crippen LogP contribution in [0.4, 0.5) is 0 Å². The van der Waals surface area contributed by atoms with E-state index in [1.165, 1.54) is 12.1 Å². The number of benzene rings is 1. The molecule has 0 saturated heterocycles. The molecule has 4 N–H and O–H groups in total. The van der Waals surface area contributed by atoms with Crippen molar-refractivity contribution < 1.29 is 10.2 Å². The number of H-pyrrole nitrogens is 2. The molecule has 0 aliphatic carbocycles. The molecule has 2 aromatic heterocycles. The van der Waals surface area contributed by atoms with Crippen LogP contribution in [0.25, 0.3) is 21.8 Å². The van der Waals surface area contributed by atoms with Gasteiger partial charge in [-0.05, 0) is 12.1 Å². The summed E-state index contributed by atoms with van der Waals surface area (Å²) in [5.41, 5.74) is -0.245. The highest BCUT2D eigenvalue weighted by Gasteiger charge is 2.09. The van der Waals surface area contributed by atoms with Gasteiger partial charge in [-0.1, -0.05) is 0 Å². The summed E-state index contributed by atoms with van der Waals surface area (Å²) in [4.78, 5) is 36.7. The van der Waals surface area contributed by atoms with Gasteiger partial charge in [0, 0.05) is 0 Å². The molecule has 8 nitrogen and oxygen atoms in total. The molecule has 2 heterocycles. The number of rotatable bonds is 2. The van der Waals surface area contributed by atoms with Gasteiger partial charge in [0.2, 0.25) is 0 Å². The second-order valence-corrected chi connectivity index (χ2v) is 4.23. The Morgan fingerprint density at radius 1 is 0.850 bits per heavy atom. The Bertz CT molecular complexity index is 851. The van der Waals surface area contributed by atoms with Crippen molar-refractivity contribution in [3.05, 3.63) is 44.5 Å². The highest BCUT2D eigenvalue weighted by Crippen LogP contribution is 2.15. The molecule has 3 aromatic rings. The number of aromatic nitrogens is 4. The fraction of sp³-hybridized carbons (Fsp3) is 0.167. The number of aliphatic hydroxyl groups is 2. The third-order valence-electron chi connectivity index (χ3n) is 2.93. The van der Waals surface area contributed by atoms with Crippen molar-refractivity contribution in [2.24, 2.45) is 0 Å². The average Bonchev–Trinajstić information content (AvgIpc) is 2.45. The van der Waals surface area contributed by atoms with Gasteiger partial charge in [-0.3, -0.25) is 9.59 Å². The second-order valence-electron chi connectivity index (χ2n) is 4.23. The van der Waals surface area contributed by atoms with E-state index in [2.05, 4.69) is 19.9 Å². The van der Waals surface area contributed by atoms with Crippen LogP contribution >= 0.6 is 0 Å². The third kappa shape index (κ3) is 1.87. The topological polar surface area (TPSA) is 132 Å². The van der Waals surface area contributed by atoms with Crippen molar-refractivity contribution in [1.29, 1.82) is 0 Å². The lowest BCUT2D eigenvalue weighted by atomic mass is 10.1. The first kappa shape index (κ1) is 12.5. The minimum absolute atomic E-state index is 0.123. The van der Waals surface area contributed by atoms with Crippen LogP contribution < -0.4 is 11.1 Å². The van der Waals surface area contributed by atoms with E-state index in [9.17, 15) is 9.59 Å². The zero-order valence-corrected chi connectivity index (χ0v) is 10.2. The summed E-state index contributed by atoms with van der Waals surface area (Å²) >= 11 is 0. The summed E-state index contributed by atoms with van der Waals surface area (Å²) in [6.45, 7) is -0.803. The molecule has 102 valence electrons. The highest BCUT2D eigenvalue weighted by atomic mass is 16.3. The zero-order valence-electron chi connectivity index (χ0n) is 10.2.